The number of rotatable bonds is 10. The number of carbonyl (C=O) groups excluding carboxylic acids is 4. The maximum Gasteiger partial charge on any atom is 0.264 e. The van der Waals surface area contributed by atoms with Crippen LogP contribution in [0.1, 0.15) is 56.8 Å². The average molecular weight is 507 g/mol. The van der Waals surface area contributed by atoms with Gasteiger partial charge >= 0.3 is 0 Å². The number of hydrogen-bond acceptors (Lipinski definition) is 6. The van der Waals surface area contributed by atoms with Crippen LogP contribution in [0.5, 0.6) is 0 Å². The predicted molar refractivity (Wildman–Crippen MR) is 149 cm³/mol. The Morgan fingerprint density at radius 1 is 0.579 bits per heavy atom. The van der Waals surface area contributed by atoms with Crippen molar-refractivity contribution in [1.82, 2.24) is 10.9 Å². The van der Waals surface area contributed by atoms with Gasteiger partial charge in [-0.3, -0.25) is 19.2 Å². The molecule has 2 N–H and O–H groups in total. The minimum Gasteiger partial charge on any atom is -0.295 e. The first-order chi connectivity index (χ1) is 18.3. The largest absolute Gasteiger partial charge is 0.295 e. The van der Waals surface area contributed by atoms with E-state index in [1.54, 1.807) is 84.9 Å². The second-order valence-electron chi connectivity index (χ2n) is 8.17. The molecule has 0 saturated carbocycles. The highest BCUT2D eigenvalue weighted by atomic mass is 16.2. The van der Waals surface area contributed by atoms with Crippen LogP contribution in [0.2, 0.25) is 0 Å². The van der Waals surface area contributed by atoms with Gasteiger partial charge < -0.3 is 0 Å². The standard InChI is InChI=1S/C30H26N4O4/c1-21(35)27-7-3-5-25(17-27)19-31-33-29(37)15-13-23-9-11-24(12-10-23)14-16-30(38)34-32-20-26-6-4-8-28(18-26)22(2)36/h3-20H,1-2H3,(H,33,37)(H,34,38)/b15-13+,16-14+,31-19+,32-20+. The second-order valence-corrected chi connectivity index (χ2v) is 8.17. The van der Waals surface area contributed by atoms with Crippen LogP contribution in [0, 0.1) is 0 Å². The van der Waals surface area contributed by atoms with Crippen LogP contribution < -0.4 is 10.9 Å². The third kappa shape index (κ3) is 9.09. The topological polar surface area (TPSA) is 117 Å². The Labute approximate surface area is 220 Å². The summed E-state index contributed by atoms with van der Waals surface area (Å²) in [5.41, 5.74) is 8.93. The van der Waals surface area contributed by atoms with Gasteiger partial charge in [-0.05, 0) is 60.4 Å². The number of hydrogen-bond donors (Lipinski definition) is 2. The smallest absolute Gasteiger partial charge is 0.264 e. The SMILES string of the molecule is CC(=O)c1cccc(/C=N/NC(=O)/C=C/c2ccc(/C=C/C(=O)N/N=C/c3cccc(C(C)=O)c3)cc2)c1. The third-order valence-electron chi connectivity index (χ3n) is 5.15. The van der Waals surface area contributed by atoms with E-state index in [1.807, 2.05) is 0 Å². The maximum absolute atomic E-state index is 12.0. The van der Waals surface area contributed by atoms with Crippen LogP contribution in [0.25, 0.3) is 12.2 Å². The number of benzene rings is 3. The Hall–Kier alpha value is -5.24. The quantitative estimate of drug-likeness (QED) is 0.183. The molecule has 3 rings (SSSR count). The molecule has 0 unspecified atom stereocenters. The van der Waals surface area contributed by atoms with Crippen molar-refractivity contribution in [3.63, 3.8) is 0 Å². The molecule has 0 spiro atoms. The summed E-state index contributed by atoms with van der Waals surface area (Å²) in [7, 11) is 0. The lowest BCUT2D eigenvalue weighted by atomic mass is 10.1. The van der Waals surface area contributed by atoms with Crippen molar-refractivity contribution in [2.45, 2.75) is 13.8 Å². The van der Waals surface area contributed by atoms with Gasteiger partial charge in [0.25, 0.3) is 11.8 Å². The number of amides is 2. The molecule has 0 saturated heterocycles. The molecule has 8 nitrogen and oxygen atoms in total. The van der Waals surface area contributed by atoms with Crippen molar-refractivity contribution < 1.29 is 19.2 Å². The van der Waals surface area contributed by atoms with E-state index in [0.717, 1.165) is 11.1 Å². The fraction of sp³-hybridized carbons (Fsp3) is 0.0667. The summed E-state index contributed by atoms with van der Waals surface area (Å²) in [4.78, 5) is 46.9. The number of hydrazone groups is 2. The van der Waals surface area contributed by atoms with Crippen molar-refractivity contribution in [2.75, 3.05) is 0 Å². The van der Waals surface area contributed by atoms with Gasteiger partial charge in [-0.25, -0.2) is 10.9 Å². The number of nitrogens with zero attached hydrogens (tertiary/aromatic N) is 2. The molecule has 0 aliphatic heterocycles. The minimum atomic E-state index is -0.404. The van der Waals surface area contributed by atoms with E-state index in [1.165, 1.54) is 38.4 Å². The van der Waals surface area contributed by atoms with E-state index in [-0.39, 0.29) is 11.6 Å². The Balaban J connectivity index is 1.46. The number of Topliss-reactive ketones (excluding diaryl/α,β-unsaturated/α-hetero) is 2. The highest BCUT2D eigenvalue weighted by molar-refractivity contribution is 5.97. The van der Waals surface area contributed by atoms with E-state index in [0.29, 0.717) is 22.3 Å². The Morgan fingerprint density at radius 2 is 0.974 bits per heavy atom. The third-order valence-corrected chi connectivity index (χ3v) is 5.15. The maximum atomic E-state index is 12.0. The average Bonchev–Trinajstić information content (AvgIpc) is 2.91. The van der Waals surface area contributed by atoms with Gasteiger partial charge in [0.2, 0.25) is 0 Å². The summed E-state index contributed by atoms with van der Waals surface area (Å²) in [5, 5.41) is 7.80. The summed E-state index contributed by atoms with van der Waals surface area (Å²) >= 11 is 0. The lowest BCUT2D eigenvalue weighted by Crippen LogP contribution is -2.14. The molecular weight excluding hydrogens is 480 g/mol. The number of ketones is 2. The van der Waals surface area contributed by atoms with Crippen LogP contribution in [0.4, 0.5) is 0 Å². The summed E-state index contributed by atoms with van der Waals surface area (Å²) in [5.74, 6) is -0.900. The summed E-state index contributed by atoms with van der Waals surface area (Å²) in [6.45, 7) is 2.97. The molecule has 3 aromatic carbocycles. The monoisotopic (exact) mass is 506 g/mol. The fourth-order valence-electron chi connectivity index (χ4n) is 3.15. The zero-order valence-corrected chi connectivity index (χ0v) is 20.9. The number of nitrogens with one attached hydrogen (secondary N) is 2. The molecule has 0 aliphatic rings. The second kappa shape index (κ2) is 13.7. The summed E-state index contributed by atoms with van der Waals surface area (Å²) < 4.78 is 0. The first-order valence-corrected chi connectivity index (χ1v) is 11.6. The van der Waals surface area contributed by atoms with Gasteiger partial charge in [-0.2, -0.15) is 10.2 Å². The molecule has 0 bridgehead atoms. The van der Waals surface area contributed by atoms with Crippen LogP contribution in [0.15, 0.2) is 95.2 Å². The van der Waals surface area contributed by atoms with Crippen molar-refractivity contribution in [2.24, 2.45) is 10.2 Å². The van der Waals surface area contributed by atoms with Crippen molar-refractivity contribution in [3.8, 4) is 0 Å². The molecule has 0 radical (unpaired) electrons. The van der Waals surface area contributed by atoms with E-state index in [2.05, 4.69) is 21.1 Å². The van der Waals surface area contributed by atoms with Gasteiger partial charge in [0.15, 0.2) is 11.6 Å². The van der Waals surface area contributed by atoms with Gasteiger partial charge in [0, 0.05) is 23.3 Å². The van der Waals surface area contributed by atoms with Crippen molar-refractivity contribution in [1.29, 1.82) is 0 Å². The zero-order chi connectivity index (χ0) is 27.3. The first kappa shape index (κ1) is 27.3. The fourth-order valence-corrected chi connectivity index (χ4v) is 3.15. The Kier molecular flexibility index (Phi) is 9.89. The molecule has 0 atom stereocenters. The summed E-state index contributed by atoms with van der Waals surface area (Å²) in [6.07, 6.45) is 8.91. The molecule has 0 aliphatic carbocycles. The molecule has 190 valence electrons. The van der Waals surface area contributed by atoms with E-state index >= 15 is 0 Å². The first-order valence-electron chi connectivity index (χ1n) is 11.6. The molecule has 38 heavy (non-hydrogen) atoms. The summed E-state index contributed by atoms with van der Waals surface area (Å²) in [6, 6.07) is 21.1. The normalized spacial score (nSPS) is 11.4. The zero-order valence-electron chi connectivity index (χ0n) is 20.9. The Morgan fingerprint density at radius 3 is 1.34 bits per heavy atom. The lowest BCUT2D eigenvalue weighted by Gasteiger charge is -1.99. The highest BCUT2D eigenvalue weighted by Crippen LogP contribution is 2.08. The van der Waals surface area contributed by atoms with E-state index in [9.17, 15) is 19.2 Å². The molecule has 0 heterocycles. The predicted octanol–water partition coefficient (Wildman–Crippen LogP) is 4.42. The minimum absolute atomic E-state index is 0.0455. The van der Waals surface area contributed by atoms with Gasteiger partial charge in [-0.1, -0.05) is 60.7 Å². The van der Waals surface area contributed by atoms with Crippen molar-refractivity contribution >= 4 is 48.0 Å². The van der Waals surface area contributed by atoms with E-state index < -0.39 is 11.8 Å². The van der Waals surface area contributed by atoms with E-state index in [4.69, 9.17) is 0 Å². The van der Waals surface area contributed by atoms with Gasteiger partial charge in [0.1, 0.15) is 0 Å². The van der Waals surface area contributed by atoms with Crippen LogP contribution in [-0.2, 0) is 9.59 Å². The Bertz CT molecular complexity index is 1340. The molecule has 0 fully saturated rings. The molecular formula is C30H26N4O4. The molecule has 8 heteroatoms. The van der Waals surface area contributed by atoms with Crippen LogP contribution >= 0.6 is 0 Å². The van der Waals surface area contributed by atoms with Crippen LogP contribution in [-0.4, -0.2) is 35.8 Å². The highest BCUT2D eigenvalue weighted by Gasteiger charge is 2.00. The van der Waals surface area contributed by atoms with Gasteiger partial charge in [-0.15, -0.1) is 0 Å². The molecule has 3 aromatic rings. The molecule has 2 amide bonds. The van der Waals surface area contributed by atoms with Crippen LogP contribution in [0.3, 0.4) is 0 Å². The molecule has 0 aromatic heterocycles. The number of carbonyl (C=O) groups is 4. The lowest BCUT2D eigenvalue weighted by molar-refractivity contribution is -0.117. The van der Waals surface area contributed by atoms with Crippen molar-refractivity contribution in [3.05, 3.63) is 118 Å². The van der Waals surface area contributed by atoms with Gasteiger partial charge in [0.05, 0.1) is 12.4 Å².